The molecule has 7 heteroatoms. The summed E-state index contributed by atoms with van der Waals surface area (Å²) < 4.78 is 36.5. The maximum atomic E-state index is 12.2. The smallest absolute Gasteiger partial charge is 0.341 e. The molecule has 0 aromatic heterocycles. The molecule has 1 fully saturated rings. The molecule has 1 aliphatic heterocycles. The lowest BCUT2D eigenvalue weighted by Gasteiger charge is -2.33. The van der Waals surface area contributed by atoms with Crippen molar-refractivity contribution in [2.75, 3.05) is 13.1 Å². The molecule has 0 saturated carbocycles. The minimum absolute atomic E-state index is 0. The highest BCUT2D eigenvalue weighted by molar-refractivity contribution is 5.85. The number of rotatable bonds is 1. The van der Waals surface area contributed by atoms with Crippen molar-refractivity contribution in [3.63, 3.8) is 0 Å². The Labute approximate surface area is 98.6 Å². The largest absolute Gasteiger partial charge is 0.412 e. The van der Waals surface area contributed by atoms with Gasteiger partial charge in [-0.25, -0.2) is 0 Å². The molecule has 1 saturated heterocycles. The number of likely N-dealkylation sites (tertiary alicyclic amines) is 1. The van der Waals surface area contributed by atoms with Crippen LogP contribution in [0.5, 0.6) is 0 Å². The van der Waals surface area contributed by atoms with Gasteiger partial charge in [0.25, 0.3) is 0 Å². The number of alkyl halides is 3. The van der Waals surface area contributed by atoms with Crippen LogP contribution < -0.4 is 5.73 Å². The molecular formula is C9H16ClF3N2O. The van der Waals surface area contributed by atoms with Crippen molar-refractivity contribution < 1.29 is 18.0 Å². The zero-order valence-electron chi connectivity index (χ0n) is 8.96. The Bertz CT molecular complexity index is 247. The van der Waals surface area contributed by atoms with Crippen molar-refractivity contribution in [2.45, 2.75) is 32.0 Å². The molecule has 96 valence electrons. The average Bonchev–Trinajstić information content (AvgIpc) is 2.14. The number of nitrogens with two attached hydrogens (primary N) is 1. The van der Waals surface area contributed by atoms with Gasteiger partial charge in [-0.2, -0.15) is 13.2 Å². The predicted molar refractivity (Wildman–Crippen MR) is 56.3 cm³/mol. The van der Waals surface area contributed by atoms with E-state index < -0.39 is 18.1 Å². The standard InChI is InChI=1S/C9H15F3N2O.ClH/c1-6-3-2-4-14(5-6)8(15)7(13)9(10,11)12;/h6-7H,2-5,13H2,1H3;1H. The fourth-order valence-electron chi connectivity index (χ4n) is 1.73. The minimum Gasteiger partial charge on any atom is -0.341 e. The Hall–Kier alpha value is -0.490. The zero-order valence-corrected chi connectivity index (χ0v) is 9.77. The maximum Gasteiger partial charge on any atom is 0.412 e. The molecule has 0 aromatic rings. The van der Waals surface area contributed by atoms with Gasteiger partial charge in [0.2, 0.25) is 5.91 Å². The molecule has 1 amide bonds. The third-order valence-electron chi connectivity index (χ3n) is 2.59. The first-order valence-corrected chi connectivity index (χ1v) is 4.93. The summed E-state index contributed by atoms with van der Waals surface area (Å²) in [5.74, 6) is -0.753. The third-order valence-corrected chi connectivity index (χ3v) is 2.59. The van der Waals surface area contributed by atoms with E-state index in [2.05, 4.69) is 0 Å². The molecular weight excluding hydrogens is 245 g/mol. The Morgan fingerprint density at radius 2 is 2.06 bits per heavy atom. The predicted octanol–water partition coefficient (Wildman–Crippen LogP) is 1.56. The number of piperidine rings is 1. The highest BCUT2D eigenvalue weighted by atomic mass is 35.5. The summed E-state index contributed by atoms with van der Waals surface area (Å²) in [6.07, 6.45) is -2.94. The number of hydrogen-bond acceptors (Lipinski definition) is 2. The number of hydrogen-bond donors (Lipinski definition) is 1. The van der Waals surface area contributed by atoms with E-state index in [9.17, 15) is 18.0 Å². The molecule has 0 bridgehead atoms. The van der Waals surface area contributed by atoms with Crippen molar-refractivity contribution in [2.24, 2.45) is 11.7 Å². The second-order valence-electron chi connectivity index (χ2n) is 4.05. The van der Waals surface area contributed by atoms with Gasteiger partial charge in [0.15, 0.2) is 6.04 Å². The molecule has 16 heavy (non-hydrogen) atoms. The first-order chi connectivity index (χ1) is 6.82. The molecule has 3 nitrogen and oxygen atoms in total. The van der Waals surface area contributed by atoms with E-state index in [1.54, 1.807) is 0 Å². The number of halogens is 4. The molecule has 0 spiro atoms. The van der Waals surface area contributed by atoms with Gasteiger partial charge in [-0.15, -0.1) is 12.4 Å². The van der Waals surface area contributed by atoms with Crippen LogP contribution in [0.3, 0.4) is 0 Å². The van der Waals surface area contributed by atoms with E-state index in [0.717, 1.165) is 12.8 Å². The quantitative estimate of drug-likeness (QED) is 0.778. The fourth-order valence-corrected chi connectivity index (χ4v) is 1.73. The van der Waals surface area contributed by atoms with Crippen LogP contribution in [0.25, 0.3) is 0 Å². The monoisotopic (exact) mass is 260 g/mol. The molecule has 1 heterocycles. The summed E-state index contributed by atoms with van der Waals surface area (Å²) in [5, 5.41) is 0. The summed E-state index contributed by atoms with van der Waals surface area (Å²) in [6.45, 7) is 2.67. The zero-order chi connectivity index (χ0) is 11.6. The molecule has 0 radical (unpaired) electrons. The van der Waals surface area contributed by atoms with Crippen LogP contribution in [0, 0.1) is 5.92 Å². The van der Waals surface area contributed by atoms with Gasteiger partial charge < -0.3 is 10.6 Å². The van der Waals surface area contributed by atoms with Gasteiger partial charge in [-0.3, -0.25) is 4.79 Å². The summed E-state index contributed by atoms with van der Waals surface area (Å²) in [7, 11) is 0. The molecule has 1 aliphatic rings. The fraction of sp³-hybridized carbons (Fsp3) is 0.889. The van der Waals surface area contributed by atoms with Crippen molar-refractivity contribution in [1.29, 1.82) is 0 Å². The molecule has 1 rings (SSSR count). The van der Waals surface area contributed by atoms with Crippen LogP contribution in [0.15, 0.2) is 0 Å². The van der Waals surface area contributed by atoms with Crippen LogP contribution >= 0.6 is 12.4 Å². The minimum atomic E-state index is -4.64. The highest BCUT2D eigenvalue weighted by Gasteiger charge is 2.44. The molecule has 2 unspecified atom stereocenters. The van der Waals surface area contributed by atoms with Gasteiger partial charge >= 0.3 is 6.18 Å². The highest BCUT2D eigenvalue weighted by Crippen LogP contribution is 2.22. The van der Waals surface area contributed by atoms with E-state index in [1.165, 1.54) is 4.90 Å². The normalized spacial score (nSPS) is 23.6. The summed E-state index contributed by atoms with van der Waals surface area (Å²) >= 11 is 0. The van der Waals surface area contributed by atoms with E-state index in [-0.39, 0.29) is 18.3 Å². The Morgan fingerprint density at radius 3 is 2.50 bits per heavy atom. The van der Waals surface area contributed by atoms with Crippen LogP contribution in [0.4, 0.5) is 13.2 Å². The van der Waals surface area contributed by atoms with Gasteiger partial charge in [0.05, 0.1) is 0 Å². The SMILES string of the molecule is CC1CCCN(C(=O)C(N)C(F)(F)F)C1.Cl. The number of amides is 1. The Kier molecular flexibility index (Phi) is 5.55. The van der Waals surface area contributed by atoms with Gasteiger partial charge in [0, 0.05) is 13.1 Å². The molecule has 0 aliphatic carbocycles. The van der Waals surface area contributed by atoms with Crippen molar-refractivity contribution in [3.05, 3.63) is 0 Å². The maximum absolute atomic E-state index is 12.2. The second-order valence-corrected chi connectivity index (χ2v) is 4.05. The van der Waals surface area contributed by atoms with Crippen LogP contribution in [-0.2, 0) is 4.79 Å². The van der Waals surface area contributed by atoms with Crippen LogP contribution in [0.2, 0.25) is 0 Å². The van der Waals surface area contributed by atoms with Gasteiger partial charge in [-0.1, -0.05) is 6.92 Å². The van der Waals surface area contributed by atoms with E-state index >= 15 is 0 Å². The lowest BCUT2D eigenvalue weighted by Crippen LogP contribution is -2.53. The lowest BCUT2D eigenvalue weighted by atomic mass is 9.99. The van der Waals surface area contributed by atoms with E-state index in [4.69, 9.17) is 5.73 Å². The summed E-state index contributed by atoms with van der Waals surface area (Å²) in [6, 6.07) is -2.37. The third kappa shape index (κ3) is 3.83. The lowest BCUT2D eigenvalue weighted by molar-refractivity contribution is -0.171. The first-order valence-electron chi connectivity index (χ1n) is 4.93. The second kappa shape index (κ2) is 5.72. The van der Waals surface area contributed by atoms with Crippen LogP contribution in [-0.4, -0.2) is 36.1 Å². The molecule has 0 aromatic carbocycles. The van der Waals surface area contributed by atoms with Gasteiger partial charge in [-0.05, 0) is 18.8 Å². The van der Waals surface area contributed by atoms with Crippen molar-refractivity contribution in [3.8, 4) is 0 Å². The van der Waals surface area contributed by atoms with Crippen LogP contribution in [0.1, 0.15) is 19.8 Å². The summed E-state index contributed by atoms with van der Waals surface area (Å²) in [4.78, 5) is 12.6. The number of carbonyl (C=O) groups is 1. The van der Waals surface area contributed by atoms with E-state index in [1.807, 2.05) is 6.92 Å². The Morgan fingerprint density at radius 1 is 1.50 bits per heavy atom. The molecule has 2 N–H and O–H groups in total. The Balaban J connectivity index is 0.00000225. The van der Waals surface area contributed by atoms with Gasteiger partial charge in [0.1, 0.15) is 0 Å². The summed E-state index contributed by atoms with van der Waals surface area (Å²) in [5.41, 5.74) is 4.85. The van der Waals surface area contributed by atoms with Crippen molar-refractivity contribution in [1.82, 2.24) is 4.90 Å². The number of nitrogens with zero attached hydrogens (tertiary/aromatic N) is 1. The van der Waals surface area contributed by atoms with Crippen molar-refractivity contribution >= 4 is 18.3 Å². The van der Waals surface area contributed by atoms with E-state index in [0.29, 0.717) is 13.1 Å². The number of carbonyl (C=O) groups excluding carboxylic acids is 1. The topological polar surface area (TPSA) is 46.3 Å². The first kappa shape index (κ1) is 15.5. The average molecular weight is 261 g/mol. The molecule has 2 atom stereocenters.